The van der Waals surface area contributed by atoms with Gasteiger partial charge in [0.1, 0.15) is 11.6 Å². The summed E-state index contributed by atoms with van der Waals surface area (Å²) in [6.07, 6.45) is 3.89. The first-order valence-corrected chi connectivity index (χ1v) is 6.63. The fourth-order valence-corrected chi connectivity index (χ4v) is 2.39. The molecular weight excluding hydrogens is 363 g/mol. The van der Waals surface area contributed by atoms with Crippen LogP contribution in [0.3, 0.4) is 0 Å². The van der Waals surface area contributed by atoms with Gasteiger partial charge in [0, 0.05) is 24.4 Å². The molecule has 0 aliphatic carbocycles. The van der Waals surface area contributed by atoms with Gasteiger partial charge in [-0.05, 0) is 46.4 Å². The second-order valence-electron chi connectivity index (χ2n) is 4.13. The number of fused-ring (bicyclic) bond motifs is 1. The Balaban J connectivity index is 1.98. The quantitative estimate of drug-likeness (QED) is 0.648. The minimum Gasteiger partial charge on any atom is -0.232 e. The summed E-state index contributed by atoms with van der Waals surface area (Å²) in [6, 6.07) is 5.28. The van der Waals surface area contributed by atoms with Crippen molar-refractivity contribution in [1.82, 2.24) is 14.6 Å². The third-order valence-corrected chi connectivity index (χ3v) is 3.45. The van der Waals surface area contributed by atoms with Gasteiger partial charge in [-0.1, -0.05) is 0 Å². The molecule has 0 N–H and O–H groups in total. The van der Waals surface area contributed by atoms with Gasteiger partial charge in [-0.15, -0.1) is 0 Å². The molecule has 0 unspecified atom stereocenters. The molecule has 3 aromatic rings. The minimum absolute atomic E-state index is 0.381. The average molecular weight is 371 g/mol. The van der Waals surface area contributed by atoms with Crippen molar-refractivity contribution in [2.45, 2.75) is 6.42 Å². The highest BCUT2D eigenvalue weighted by Gasteiger charge is 2.06. The lowest BCUT2D eigenvalue weighted by Gasteiger charge is -2.03. The Hall–Kier alpha value is -1.57. The number of hydrogen-bond donors (Lipinski definition) is 0. The molecule has 0 aliphatic rings. The summed E-state index contributed by atoms with van der Waals surface area (Å²) in [5, 5.41) is 4.12. The van der Waals surface area contributed by atoms with Crippen molar-refractivity contribution >= 4 is 28.2 Å². The van der Waals surface area contributed by atoms with E-state index in [-0.39, 0.29) is 0 Å². The predicted molar refractivity (Wildman–Crippen MR) is 74.9 cm³/mol. The molecule has 0 atom stereocenters. The molecule has 0 saturated carbocycles. The van der Waals surface area contributed by atoms with Crippen LogP contribution >= 0.6 is 22.6 Å². The van der Waals surface area contributed by atoms with Crippen LogP contribution in [0.15, 0.2) is 36.7 Å². The van der Waals surface area contributed by atoms with Gasteiger partial charge in [0.15, 0.2) is 5.65 Å². The number of aromatic nitrogens is 3. The molecule has 0 bridgehead atoms. The molecule has 0 spiro atoms. The van der Waals surface area contributed by atoms with Crippen molar-refractivity contribution in [3.8, 4) is 0 Å². The van der Waals surface area contributed by atoms with Crippen LogP contribution < -0.4 is 0 Å². The lowest BCUT2D eigenvalue weighted by Crippen LogP contribution is -1.98. The Morgan fingerprint density at radius 3 is 2.63 bits per heavy atom. The summed E-state index contributed by atoms with van der Waals surface area (Å²) in [5.74, 6) is -1.15. The Labute approximate surface area is 121 Å². The third-order valence-electron chi connectivity index (χ3n) is 2.69. The van der Waals surface area contributed by atoms with Crippen LogP contribution in [-0.4, -0.2) is 14.6 Å². The molecule has 3 rings (SSSR count). The number of halogens is 3. The van der Waals surface area contributed by atoms with E-state index < -0.39 is 11.6 Å². The summed E-state index contributed by atoms with van der Waals surface area (Å²) >= 11 is 2.15. The summed E-state index contributed by atoms with van der Waals surface area (Å²) in [4.78, 5) is 4.44. The first kappa shape index (κ1) is 12.5. The molecule has 2 aromatic heterocycles. The van der Waals surface area contributed by atoms with Crippen LogP contribution in [0.25, 0.3) is 5.65 Å². The Morgan fingerprint density at radius 2 is 1.89 bits per heavy atom. The first-order chi connectivity index (χ1) is 9.11. The number of hydrogen-bond acceptors (Lipinski definition) is 2. The summed E-state index contributed by atoms with van der Waals surface area (Å²) in [5.41, 5.74) is 2.05. The molecule has 96 valence electrons. The van der Waals surface area contributed by atoms with E-state index in [4.69, 9.17) is 0 Å². The monoisotopic (exact) mass is 371 g/mol. The van der Waals surface area contributed by atoms with Gasteiger partial charge in [0.05, 0.1) is 9.77 Å². The Bertz CT molecular complexity index is 734. The maximum absolute atomic E-state index is 13.1. The third kappa shape index (κ3) is 2.58. The molecule has 19 heavy (non-hydrogen) atoms. The van der Waals surface area contributed by atoms with Crippen molar-refractivity contribution in [2.24, 2.45) is 0 Å². The number of rotatable bonds is 2. The SMILES string of the molecule is Fc1cc(F)cc(Cc2ccn3ncc(I)c3n2)c1. The van der Waals surface area contributed by atoms with Crippen LogP contribution in [0, 0.1) is 15.2 Å². The second-order valence-corrected chi connectivity index (χ2v) is 5.30. The van der Waals surface area contributed by atoms with Crippen LogP contribution in [0.1, 0.15) is 11.3 Å². The standard InChI is InChI=1S/C13H8F2IN3/c14-9-3-8(4-10(15)6-9)5-11-1-2-19-13(18-11)12(16)7-17-19/h1-4,6-7H,5H2. The fourth-order valence-electron chi connectivity index (χ4n) is 1.90. The largest absolute Gasteiger partial charge is 0.232 e. The van der Waals surface area contributed by atoms with Crippen molar-refractivity contribution in [1.29, 1.82) is 0 Å². The van der Waals surface area contributed by atoms with E-state index in [1.807, 2.05) is 0 Å². The molecule has 0 radical (unpaired) electrons. The molecule has 1 aromatic carbocycles. The lowest BCUT2D eigenvalue weighted by atomic mass is 10.1. The topological polar surface area (TPSA) is 30.2 Å². The Kier molecular flexibility index (Phi) is 3.17. The summed E-state index contributed by atoms with van der Waals surface area (Å²) < 4.78 is 28.8. The van der Waals surface area contributed by atoms with Gasteiger partial charge in [-0.2, -0.15) is 5.10 Å². The van der Waals surface area contributed by atoms with Crippen LogP contribution in [-0.2, 0) is 6.42 Å². The number of nitrogens with zero attached hydrogens (tertiary/aromatic N) is 3. The molecule has 3 nitrogen and oxygen atoms in total. The first-order valence-electron chi connectivity index (χ1n) is 5.55. The van der Waals surface area contributed by atoms with Gasteiger partial charge < -0.3 is 0 Å². The van der Waals surface area contributed by atoms with E-state index in [9.17, 15) is 8.78 Å². The minimum atomic E-state index is -0.574. The molecule has 0 saturated heterocycles. The van der Waals surface area contributed by atoms with Crippen LogP contribution in [0.2, 0.25) is 0 Å². The molecule has 0 fully saturated rings. The molecular formula is C13H8F2IN3. The molecule has 6 heteroatoms. The summed E-state index contributed by atoms with van der Waals surface area (Å²) in [6.45, 7) is 0. The maximum atomic E-state index is 13.1. The highest BCUT2D eigenvalue weighted by Crippen LogP contribution is 2.15. The van der Waals surface area contributed by atoms with Crippen LogP contribution in [0.4, 0.5) is 8.78 Å². The maximum Gasteiger partial charge on any atom is 0.168 e. The van der Waals surface area contributed by atoms with Crippen molar-refractivity contribution < 1.29 is 8.78 Å². The van der Waals surface area contributed by atoms with E-state index in [0.29, 0.717) is 12.0 Å². The van der Waals surface area contributed by atoms with Gasteiger partial charge in [0.2, 0.25) is 0 Å². The average Bonchev–Trinajstić information content (AvgIpc) is 2.70. The van der Waals surface area contributed by atoms with Crippen molar-refractivity contribution in [2.75, 3.05) is 0 Å². The number of benzene rings is 1. The zero-order valence-corrected chi connectivity index (χ0v) is 11.8. The van der Waals surface area contributed by atoms with Gasteiger partial charge in [-0.3, -0.25) is 0 Å². The smallest absolute Gasteiger partial charge is 0.168 e. The van der Waals surface area contributed by atoms with E-state index >= 15 is 0 Å². The zero-order chi connectivity index (χ0) is 13.4. The van der Waals surface area contributed by atoms with E-state index in [2.05, 4.69) is 32.7 Å². The van der Waals surface area contributed by atoms with Crippen molar-refractivity contribution in [3.05, 3.63) is 63.1 Å². The highest BCUT2D eigenvalue weighted by molar-refractivity contribution is 14.1. The van der Waals surface area contributed by atoms with Gasteiger partial charge >= 0.3 is 0 Å². The highest BCUT2D eigenvalue weighted by atomic mass is 127. The predicted octanol–water partition coefficient (Wildman–Crippen LogP) is 3.20. The van der Waals surface area contributed by atoms with Gasteiger partial charge in [0.25, 0.3) is 0 Å². The van der Waals surface area contributed by atoms with Gasteiger partial charge in [-0.25, -0.2) is 18.3 Å². The fraction of sp³-hybridized carbons (Fsp3) is 0.0769. The Morgan fingerprint density at radius 1 is 1.16 bits per heavy atom. The van der Waals surface area contributed by atoms with E-state index in [1.165, 1.54) is 12.1 Å². The van der Waals surface area contributed by atoms with E-state index in [1.54, 1.807) is 23.0 Å². The lowest BCUT2D eigenvalue weighted by molar-refractivity contribution is 0.580. The molecule has 0 amide bonds. The zero-order valence-electron chi connectivity index (χ0n) is 9.65. The van der Waals surface area contributed by atoms with Crippen molar-refractivity contribution in [3.63, 3.8) is 0 Å². The molecule has 0 aliphatic heterocycles. The summed E-state index contributed by atoms with van der Waals surface area (Å²) in [7, 11) is 0. The van der Waals surface area contributed by atoms with Crippen LogP contribution in [0.5, 0.6) is 0 Å². The second kappa shape index (κ2) is 4.84. The normalized spacial score (nSPS) is 11.1. The molecule has 2 heterocycles. The van der Waals surface area contributed by atoms with E-state index in [0.717, 1.165) is 21.0 Å².